The van der Waals surface area contributed by atoms with Crippen molar-refractivity contribution in [3.63, 3.8) is 0 Å². The number of benzene rings is 1. The molecule has 210 valence electrons. The van der Waals surface area contributed by atoms with E-state index in [9.17, 15) is 31.5 Å². The van der Waals surface area contributed by atoms with Gasteiger partial charge < -0.3 is 24.5 Å². The van der Waals surface area contributed by atoms with Crippen LogP contribution in [0.25, 0.3) is 11.1 Å². The third-order valence-corrected chi connectivity index (χ3v) is 7.23. The van der Waals surface area contributed by atoms with Crippen molar-refractivity contribution >= 4 is 23.0 Å². The molecular weight excluding hydrogens is 529 g/mol. The molecule has 1 aliphatic heterocycles. The van der Waals surface area contributed by atoms with E-state index in [1.54, 1.807) is 18.2 Å². The number of carbonyl (C=O) groups excluding carboxylic acids is 2. The Balaban J connectivity index is 1.39. The summed E-state index contributed by atoms with van der Waals surface area (Å²) in [6.07, 6.45) is -3.28. The van der Waals surface area contributed by atoms with Crippen LogP contribution in [0, 0.1) is 5.92 Å². The number of aryl methyl sites for hydroxylation is 1. The summed E-state index contributed by atoms with van der Waals surface area (Å²) < 4.78 is 77.6. The van der Waals surface area contributed by atoms with E-state index in [1.165, 1.54) is 6.26 Å². The minimum Gasteiger partial charge on any atom is -0.438 e. The summed E-state index contributed by atoms with van der Waals surface area (Å²) in [5.41, 5.74) is 1.89. The van der Waals surface area contributed by atoms with Crippen molar-refractivity contribution in [1.82, 2.24) is 25.7 Å². The predicted molar refractivity (Wildman–Crippen MR) is 126 cm³/mol. The van der Waals surface area contributed by atoms with Crippen molar-refractivity contribution in [3.8, 4) is 0 Å². The first-order valence-corrected chi connectivity index (χ1v) is 12.6. The van der Waals surface area contributed by atoms with Crippen LogP contribution in [-0.4, -0.2) is 51.7 Å². The summed E-state index contributed by atoms with van der Waals surface area (Å²) >= 11 is 0. The van der Waals surface area contributed by atoms with Crippen molar-refractivity contribution in [2.24, 2.45) is 5.92 Å². The molecule has 5 rings (SSSR count). The van der Waals surface area contributed by atoms with Gasteiger partial charge in [-0.3, -0.25) is 4.79 Å². The zero-order valence-corrected chi connectivity index (χ0v) is 20.9. The number of hydrogen-bond donors (Lipinski definition) is 2. The Morgan fingerprint density at radius 1 is 1.28 bits per heavy atom. The van der Waals surface area contributed by atoms with Crippen LogP contribution in [0.3, 0.4) is 0 Å². The van der Waals surface area contributed by atoms with Crippen molar-refractivity contribution in [2.75, 3.05) is 6.54 Å². The Morgan fingerprint density at radius 3 is 2.69 bits per heavy atom. The van der Waals surface area contributed by atoms with Crippen LogP contribution < -0.4 is 10.6 Å². The number of carbonyl (C=O) groups is 2. The molecule has 0 unspecified atom stereocenters. The number of amides is 3. The van der Waals surface area contributed by atoms with Gasteiger partial charge in [-0.15, -0.1) is 0 Å². The standard InChI is InChI=1S/C25H26F5N5O4/c1-2-16-15(12-38-34-16)21(36)33-20(14-5-7-24(26,27)8-6-14)22-31-17-9-13(3-4-18(17)39-22)10-35-11-19(25(28,29)30)32-23(35)37/h3-4,9,12,14,19-20H,2,5-8,10-11H2,1H3,(H,32,37)(H,33,36)/t19-,20-/m0/s1. The number of hydrogen-bond acceptors (Lipinski definition) is 6. The number of aromatic nitrogens is 2. The molecule has 3 aromatic rings. The van der Waals surface area contributed by atoms with Crippen molar-refractivity contribution < 1.29 is 40.5 Å². The second-order valence-corrected chi connectivity index (χ2v) is 9.95. The predicted octanol–water partition coefficient (Wildman–Crippen LogP) is 5.13. The lowest BCUT2D eigenvalue weighted by Gasteiger charge is -2.32. The minimum atomic E-state index is -4.55. The highest BCUT2D eigenvalue weighted by molar-refractivity contribution is 5.95. The molecule has 0 spiro atoms. The lowest BCUT2D eigenvalue weighted by molar-refractivity contribution is -0.149. The molecule has 2 aliphatic rings. The maximum atomic E-state index is 13.9. The largest absolute Gasteiger partial charge is 0.438 e. The lowest BCUT2D eigenvalue weighted by atomic mass is 9.82. The summed E-state index contributed by atoms with van der Waals surface area (Å²) in [5, 5.41) is 8.59. The minimum absolute atomic E-state index is 0.0816. The Kier molecular flexibility index (Phi) is 6.97. The van der Waals surface area contributed by atoms with Gasteiger partial charge in [-0.25, -0.2) is 18.6 Å². The van der Waals surface area contributed by atoms with Crippen molar-refractivity contribution in [2.45, 2.75) is 69.8 Å². The third-order valence-electron chi connectivity index (χ3n) is 7.23. The molecule has 1 aliphatic carbocycles. The number of fused-ring (bicyclic) bond motifs is 1. The van der Waals surface area contributed by atoms with Crippen LogP contribution in [0.4, 0.5) is 26.7 Å². The van der Waals surface area contributed by atoms with E-state index < -0.39 is 42.7 Å². The number of halogens is 5. The number of nitrogens with zero attached hydrogens (tertiary/aromatic N) is 3. The van der Waals surface area contributed by atoms with Gasteiger partial charge in [0.15, 0.2) is 5.58 Å². The van der Waals surface area contributed by atoms with E-state index in [1.807, 2.05) is 12.2 Å². The van der Waals surface area contributed by atoms with Crippen LogP contribution in [0.1, 0.15) is 66.2 Å². The van der Waals surface area contributed by atoms with Gasteiger partial charge in [0.1, 0.15) is 29.4 Å². The van der Waals surface area contributed by atoms with Gasteiger partial charge in [0.05, 0.1) is 12.2 Å². The Labute approximate surface area is 219 Å². The average molecular weight is 556 g/mol. The SMILES string of the molecule is CCc1nocc1C(=O)N[C@H](c1nc2cc(CN3C[C@@H](C(F)(F)F)NC3=O)ccc2o1)C1CCC(F)(F)CC1. The van der Waals surface area contributed by atoms with E-state index in [2.05, 4.69) is 15.5 Å². The molecule has 2 atom stereocenters. The van der Waals surface area contributed by atoms with Crippen LogP contribution in [0.15, 0.2) is 33.4 Å². The first kappa shape index (κ1) is 26.9. The first-order valence-electron chi connectivity index (χ1n) is 12.6. The van der Waals surface area contributed by atoms with E-state index in [0.717, 1.165) is 4.90 Å². The van der Waals surface area contributed by atoms with Gasteiger partial charge >= 0.3 is 12.2 Å². The van der Waals surface area contributed by atoms with Gasteiger partial charge in [0.2, 0.25) is 11.8 Å². The van der Waals surface area contributed by atoms with Crippen molar-refractivity contribution in [3.05, 3.63) is 47.2 Å². The number of urea groups is 1. The normalized spacial score (nSPS) is 20.8. The monoisotopic (exact) mass is 555 g/mol. The highest BCUT2D eigenvalue weighted by Gasteiger charge is 2.47. The second-order valence-electron chi connectivity index (χ2n) is 9.95. The maximum Gasteiger partial charge on any atom is 0.410 e. The van der Waals surface area contributed by atoms with Crippen LogP contribution >= 0.6 is 0 Å². The molecule has 1 saturated carbocycles. The lowest BCUT2D eigenvalue weighted by Crippen LogP contribution is -2.40. The van der Waals surface area contributed by atoms with E-state index in [4.69, 9.17) is 8.94 Å². The smallest absolute Gasteiger partial charge is 0.410 e. The van der Waals surface area contributed by atoms with Gasteiger partial charge in [0.25, 0.3) is 5.91 Å². The zero-order chi connectivity index (χ0) is 27.9. The molecule has 9 nitrogen and oxygen atoms in total. The van der Waals surface area contributed by atoms with Gasteiger partial charge in [-0.1, -0.05) is 18.1 Å². The summed E-state index contributed by atoms with van der Waals surface area (Å²) in [7, 11) is 0. The third kappa shape index (κ3) is 5.69. The van der Waals surface area contributed by atoms with Gasteiger partial charge in [0, 0.05) is 19.4 Å². The molecule has 3 heterocycles. The van der Waals surface area contributed by atoms with Crippen LogP contribution in [0.5, 0.6) is 0 Å². The fraction of sp³-hybridized carbons (Fsp3) is 0.520. The fourth-order valence-corrected chi connectivity index (χ4v) is 5.05. The number of nitrogens with one attached hydrogen (secondary N) is 2. The Bertz CT molecular complexity index is 1360. The van der Waals surface area contributed by atoms with E-state index >= 15 is 0 Å². The summed E-state index contributed by atoms with van der Waals surface area (Å²) in [4.78, 5) is 30.7. The maximum absolute atomic E-state index is 13.9. The molecule has 1 aromatic carbocycles. The van der Waals surface area contributed by atoms with Crippen LogP contribution in [-0.2, 0) is 13.0 Å². The molecule has 2 N–H and O–H groups in total. The second kappa shape index (κ2) is 10.1. The molecule has 0 bridgehead atoms. The van der Waals surface area contributed by atoms with Gasteiger partial charge in [-0.05, 0) is 42.9 Å². The summed E-state index contributed by atoms with van der Waals surface area (Å²) in [6, 6.07) is 1.17. The van der Waals surface area contributed by atoms with E-state index in [0.29, 0.717) is 28.8 Å². The summed E-state index contributed by atoms with van der Waals surface area (Å²) in [5.74, 6) is -3.54. The Morgan fingerprint density at radius 2 is 2.03 bits per heavy atom. The number of oxazole rings is 1. The molecule has 39 heavy (non-hydrogen) atoms. The Hall–Kier alpha value is -3.71. The quantitative estimate of drug-likeness (QED) is 0.391. The van der Waals surface area contributed by atoms with E-state index in [-0.39, 0.29) is 49.6 Å². The highest BCUT2D eigenvalue weighted by Crippen LogP contribution is 2.42. The first-order chi connectivity index (χ1) is 18.4. The topological polar surface area (TPSA) is 114 Å². The molecule has 14 heteroatoms. The number of rotatable bonds is 7. The molecule has 1 saturated heterocycles. The average Bonchev–Trinajstić information content (AvgIpc) is 3.60. The molecule has 2 fully saturated rings. The zero-order valence-electron chi connectivity index (χ0n) is 20.9. The number of alkyl halides is 5. The molecule has 2 aromatic heterocycles. The molecule has 3 amide bonds. The fourth-order valence-electron chi connectivity index (χ4n) is 5.05. The van der Waals surface area contributed by atoms with Gasteiger partial charge in [-0.2, -0.15) is 13.2 Å². The highest BCUT2D eigenvalue weighted by atomic mass is 19.4. The van der Waals surface area contributed by atoms with Crippen LogP contribution in [0.2, 0.25) is 0 Å². The molecular formula is C25H26F5N5O4. The molecule has 0 radical (unpaired) electrons. The van der Waals surface area contributed by atoms with Crippen molar-refractivity contribution in [1.29, 1.82) is 0 Å². The summed E-state index contributed by atoms with van der Waals surface area (Å²) in [6.45, 7) is 1.21.